The largest absolute Gasteiger partial charge is 0.369 e. The fraction of sp³-hybridized carbons (Fsp3) is 0.583. The van der Waals surface area contributed by atoms with Gasteiger partial charge in [0.25, 0.3) is 0 Å². The van der Waals surface area contributed by atoms with Crippen LogP contribution in [0.2, 0.25) is 0 Å². The van der Waals surface area contributed by atoms with E-state index in [0.717, 1.165) is 10.6 Å². The monoisotopic (exact) mass is 267 g/mol. The van der Waals surface area contributed by atoms with Crippen LogP contribution in [0.4, 0.5) is 0 Å². The zero-order chi connectivity index (χ0) is 13.1. The van der Waals surface area contributed by atoms with Gasteiger partial charge in [-0.25, -0.2) is 4.98 Å². The minimum Gasteiger partial charge on any atom is -0.369 e. The highest BCUT2D eigenvalue weighted by Crippen LogP contribution is 2.19. The van der Waals surface area contributed by atoms with Crippen molar-refractivity contribution in [2.24, 2.45) is 11.7 Å². The maximum Gasteiger partial charge on any atom is 0.227 e. The first kappa shape index (κ1) is 13.0. The van der Waals surface area contributed by atoms with Crippen LogP contribution >= 0.6 is 11.3 Å². The van der Waals surface area contributed by atoms with Gasteiger partial charge in [0.1, 0.15) is 0 Å². The minimum absolute atomic E-state index is 0.0702. The fourth-order valence-electron chi connectivity index (χ4n) is 2.16. The van der Waals surface area contributed by atoms with Gasteiger partial charge in [0.2, 0.25) is 11.8 Å². The number of carbonyl (C=O) groups excluding carboxylic acids is 2. The van der Waals surface area contributed by atoms with E-state index in [2.05, 4.69) is 4.98 Å². The van der Waals surface area contributed by atoms with Crippen molar-refractivity contribution < 1.29 is 9.59 Å². The van der Waals surface area contributed by atoms with Crippen molar-refractivity contribution in [2.45, 2.75) is 26.2 Å². The molecule has 0 unspecified atom stereocenters. The quantitative estimate of drug-likeness (QED) is 0.876. The van der Waals surface area contributed by atoms with Crippen LogP contribution in [0.5, 0.6) is 0 Å². The Morgan fingerprint density at radius 1 is 1.50 bits per heavy atom. The van der Waals surface area contributed by atoms with Crippen molar-refractivity contribution in [3.8, 4) is 0 Å². The summed E-state index contributed by atoms with van der Waals surface area (Å²) in [7, 11) is 0. The smallest absolute Gasteiger partial charge is 0.227 e. The number of rotatable bonds is 3. The van der Waals surface area contributed by atoms with Gasteiger partial charge in [-0.3, -0.25) is 9.59 Å². The average molecular weight is 267 g/mol. The number of amides is 2. The summed E-state index contributed by atoms with van der Waals surface area (Å²) < 4.78 is 0. The molecular weight excluding hydrogens is 250 g/mol. The number of likely N-dealkylation sites (tertiary alicyclic amines) is 1. The highest BCUT2D eigenvalue weighted by Gasteiger charge is 2.26. The van der Waals surface area contributed by atoms with Crippen LogP contribution in [0.3, 0.4) is 0 Å². The fourth-order valence-corrected chi connectivity index (χ4v) is 2.93. The minimum atomic E-state index is -0.250. The maximum absolute atomic E-state index is 12.1. The molecule has 2 amide bonds. The number of nitrogens with zero attached hydrogens (tertiary/aromatic N) is 2. The van der Waals surface area contributed by atoms with Gasteiger partial charge >= 0.3 is 0 Å². The number of aryl methyl sites for hydroxylation is 1. The molecule has 2 heterocycles. The number of carbonyl (C=O) groups is 2. The summed E-state index contributed by atoms with van der Waals surface area (Å²) in [5.41, 5.74) is 7.96. The molecule has 98 valence electrons. The molecule has 0 aliphatic carbocycles. The molecule has 0 spiro atoms. The van der Waals surface area contributed by atoms with Crippen molar-refractivity contribution in [1.82, 2.24) is 9.88 Å². The van der Waals surface area contributed by atoms with Gasteiger partial charge in [0, 0.05) is 23.9 Å². The van der Waals surface area contributed by atoms with Gasteiger partial charge in [-0.2, -0.15) is 0 Å². The number of nitrogens with two attached hydrogens (primary N) is 1. The number of aromatic nitrogens is 1. The molecule has 1 aromatic heterocycles. The van der Waals surface area contributed by atoms with Crippen LogP contribution < -0.4 is 5.73 Å². The molecule has 0 saturated carbocycles. The van der Waals surface area contributed by atoms with E-state index in [9.17, 15) is 9.59 Å². The summed E-state index contributed by atoms with van der Waals surface area (Å²) >= 11 is 1.51. The van der Waals surface area contributed by atoms with Crippen LogP contribution in [0, 0.1) is 12.8 Å². The second-order valence-electron chi connectivity index (χ2n) is 4.60. The molecule has 18 heavy (non-hydrogen) atoms. The summed E-state index contributed by atoms with van der Waals surface area (Å²) in [6.45, 7) is 3.17. The Kier molecular flexibility index (Phi) is 3.96. The first-order valence-corrected chi connectivity index (χ1v) is 6.92. The lowest BCUT2D eigenvalue weighted by molar-refractivity contribution is -0.134. The topological polar surface area (TPSA) is 76.3 Å². The first-order chi connectivity index (χ1) is 8.58. The average Bonchev–Trinajstić information content (AvgIpc) is 2.75. The molecule has 5 nitrogen and oxygen atoms in total. The predicted octanol–water partition coefficient (Wildman–Crippen LogP) is 0.718. The van der Waals surface area contributed by atoms with Gasteiger partial charge in [-0.1, -0.05) is 0 Å². The third-order valence-electron chi connectivity index (χ3n) is 3.41. The summed E-state index contributed by atoms with van der Waals surface area (Å²) in [4.78, 5) is 30.1. The normalized spacial score (nSPS) is 16.8. The zero-order valence-corrected chi connectivity index (χ0v) is 11.2. The second-order valence-corrected chi connectivity index (χ2v) is 5.53. The van der Waals surface area contributed by atoms with Gasteiger partial charge in [0.05, 0.1) is 17.6 Å². The molecule has 1 aromatic rings. The number of thiazole rings is 1. The number of hydrogen-bond acceptors (Lipinski definition) is 4. The maximum atomic E-state index is 12.1. The molecule has 0 bridgehead atoms. The lowest BCUT2D eigenvalue weighted by Crippen LogP contribution is -2.42. The lowest BCUT2D eigenvalue weighted by atomic mass is 9.96. The molecule has 0 aromatic carbocycles. The van der Waals surface area contributed by atoms with Gasteiger partial charge in [0.15, 0.2) is 0 Å². The molecule has 1 aliphatic heterocycles. The molecule has 1 aliphatic rings. The van der Waals surface area contributed by atoms with Crippen LogP contribution in [-0.4, -0.2) is 34.8 Å². The van der Waals surface area contributed by atoms with Crippen molar-refractivity contribution in [1.29, 1.82) is 0 Å². The molecule has 6 heteroatoms. The number of hydrogen-bond donors (Lipinski definition) is 1. The van der Waals surface area contributed by atoms with Crippen molar-refractivity contribution in [3.63, 3.8) is 0 Å². The summed E-state index contributed by atoms with van der Waals surface area (Å²) in [6.07, 6.45) is 1.78. The Morgan fingerprint density at radius 2 is 2.17 bits per heavy atom. The van der Waals surface area contributed by atoms with E-state index in [-0.39, 0.29) is 17.7 Å². The molecule has 1 saturated heterocycles. The highest BCUT2D eigenvalue weighted by atomic mass is 32.1. The van der Waals surface area contributed by atoms with Crippen LogP contribution in [0.15, 0.2) is 5.51 Å². The van der Waals surface area contributed by atoms with E-state index in [1.807, 2.05) is 11.8 Å². The molecule has 1 fully saturated rings. The van der Waals surface area contributed by atoms with E-state index in [1.54, 1.807) is 5.51 Å². The molecule has 0 atom stereocenters. The van der Waals surface area contributed by atoms with E-state index in [1.165, 1.54) is 11.3 Å². The summed E-state index contributed by atoms with van der Waals surface area (Å²) in [6, 6.07) is 0. The van der Waals surface area contributed by atoms with Crippen LogP contribution in [0.25, 0.3) is 0 Å². The number of piperidine rings is 1. The molecule has 0 radical (unpaired) electrons. The van der Waals surface area contributed by atoms with Crippen molar-refractivity contribution in [3.05, 3.63) is 16.1 Å². The van der Waals surface area contributed by atoms with Crippen molar-refractivity contribution >= 4 is 23.2 Å². The van der Waals surface area contributed by atoms with E-state index in [0.29, 0.717) is 32.4 Å². The second kappa shape index (κ2) is 5.48. The van der Waals surface area contributed by atoms with E-state index >= 15 is 0 Å². The Bertz CT molecular complexity index is 450. The Labute approximate surface area is 110 Å². The zero-order valence-electron chi connectivity index (χ0n) is 10.4. The highest BCUT2D eigenvalue weighted by molar-refractivity contribution is 7.09. The van der Waals surface area contributed by atoms with Crippen LogP contribution in [0.1, 0.15) is 23.4 Å². The standard InChI is InChI=1S/C12H17N3O2S/c1-8-10(18-7-14-8)6-11(16)15-4-2-9(3-5-15)12(13)17/h7,9H,2-6H2,1H3,(H2,13,17). The molecular formula is C12H17N3O2S. The number of primary amides is 1. The predicted molar refractivity (Wildman–Crippen MR) is 69.1 cm³/mol. The van der Waals surface area contributed by atoms with Gasteiger partial charge in [-0.05, 0) is 19.8 Å². The van der Waals surface area contributed by atoms with E-state index in [4.69, 9.17) is 5.73 Å². The third-order valence-corrected chi connectivity index (χ3v) is 4.34. The lowest BCUT2D eigenvalue weighted by Gasteiger charge is -2.30. The van der Waals surface area contributed by atoms with E-state index < -0.39 is 0 Å². The first-order valence-electron chi connectivity index (χ1n) is 6.04. The molecule has 2 N–H and O–H groups in total. The van der Waals surface area contributed by atoms with Gasteiger partial charge < -0.3 is 10.6 Å². The Balaban J connectivity index is 1.88. The Hall–Kier alpha value is -1.43. The summed E-state index contributed by atoms with van der Waals surface area (Å²) in [5.74, 6) is -0.204. The summed E-state index contributed by atoms with van der Waals surface area (Å²) in [5, 5.41) is 0. The van der Waals surface area contributed by atoms with Crippen LogP contribution in [-0.2, 0) is 16.0 Å². The van der Waals surface area contributed by atoms with Gasteiger partial charge in [-0.15, -0.1) is 11.3 Å². The Morgan fingerprint density at radius 3 is 2.67 bits per heavy atom. The van der Waals surface area contributed by atoms with Crippen molar-refractivity contribution in [2.75, 3.05) is 13.1 Å². The SMILES string of the molecule is Cc1ncsc1CC(=O)N1CCC(C(N)=O)CC1. The third kappa shape index (κ3) is 2.87. The molecule has 2 rings (SSSR count).